The number of rotatable bonds is 9. The number of piperidine rings is 1. The summed E-state index contributed by atoms with van der Waals surface area (Å²) in [5.74, 6) is 0.700. The van der Waals surface area contributed by atoms with Gasteiger partial charge in [-0.15, -0.1) is 0 Å². The molecule has 2 aromatic heterocycles. The predicted octanol–water partition coefficient (Wildman–Crippen LogP) is 4.96. The molecular weight excluding hydrogens is 462 g/mol. The third-order valence-electron chi connectivity index (χ3n) is 6.92. The minimum absolute atomic E-state index is 0.0939. The summed E-state index contributed by atoms with van der Waals surface area (Å²) in [6, 6.07) is 22.2. The standard InChI is InChI=1S/C30H33N5O2/c1-37-26-14-12-24(13-15-26)28(34-17-6-3-7-18-34)20-32-30(36)27-22-35(21-23-9-4-2-5-10-23)33-29(27)25-11-8-16-31-19-25/h2,4-5,8-16,19,22,28H,3,6-7,17-18,20-21H2,1H3,(H,32,36). The number of hydrogen-bond acceptors (Lipinski definition) is 5. The molecule has 1 atom stereocenters. The van der Waals surface area contributed by atoms with Crippen molar-refractivity contribution in [3.05, 3.63) is 102 Å². The van der Waals surface area contributed by atoms with Crippen molar-refractivity contribution in [2.75, 3.05) is 26.7 Å². The van der Waals surface area contributed by atoms with Crippen LogP contribution in [0.25, 0.3) is 11.3 Å². The first-order valence-corrected chi connectivity index (χ1v) is 12.9. The molecule has 1 N–H and O–H groups in total. The minimum Gasteiger partial charge on any atom is -0.497 e. The smallest absolute Gasteiger partial charge is 0.255 e. The zero-order valence-electron chi connectivity index (χ0n) is 21.2. The summed E-state index contributed by atoms with van der Waals surface area (Å²) < 4.78 is 7.18. The normalized spacial score (nSPS) is 14.7. The van der Waals surface area contributed by atoms with Crippen LogP contribution < -0.4 is 10.1 Å². The van der Waals surface area contributed by atoms with Crippen LogP contribution in [0.15, 0.2) is 85.3 Å². The molecule has 7 nitrogen and oxygen atoms in total. The first-order valence-electron chi connectivity index (χ1n) is 12.9. The van der Waals surface area contributed by atoms with Gasteiger partial charge in [0.05, 0.1) is 25.3 Å². The fourth-order valence-corrected chi connectivity index (χ4v) is 4.95. The quantitative estimate of drug-likeness (QED) is 0.355. The van der Waals surface area contributed by atoms with E-state index in [2.05, 4.69) is 39.5 Å². The molecule has 1 aliphatic heterocycles. The fraction of sp³-hybridized carbons (Fsp3) is 0.300. The second-order valence-corrected chi connectivity index (χ2v) is 9.41. The van der Waals surface area contributed by atoms with Crippen molar-refractivity contribution >= 4 is 5.91 Å². The summed E-state index contributed by atoms with van der Waals surface area (Å²) in [5, 5.41) is 8.01. The molecular formula is C30H33N5O2. The Morgan fingerprint density at radius 2 is 1.78 bits per heavy atom. The van der Waals surface area contributed by atoms with Crippen LogP contribution in [0.5, 0.6) is 5.75 Å². The van der Waals surface area contributed by atoms with Gasteiger partial charge in [-0.2, -0.15) is 5.10 Å². The van der Waals surface area contributed by atoms with Gasteiger partial charge in [-0.3, -0.25) is 19.4 Å². The topological polar surface area (TPSA) is 72.3 Å². The van der Waals surface area contributed by atoms with Crippen LogP contribution in [0.3, 0.4) is 0 Å². The Kier molecular flexibility index (Phi) is 7.91. The van der Waals surface area contributed by atoms with Crippen molar-refractivity contribution in [2.45, 2.75) is 31.8 Å². The fourth-order valence-electron chi connectivity index (χ4n) is 4.95. The van der Waals surface area contributed by atoms with E-state index in [-0.39, 0.29) is 11.9 Å². The third-order valence-corrected chi connectivity index (χ3v) is 6.92. The molecule has 0 bridgehead atoms. The minimum atomic E-state index is -0.131. The summed E-state index contributed by atoms with van der Waals surface area (Å²) in [6.07, 6.45) is 8.93. The van der Waals surface area contributed by atoms with E-state index in [0.29, 0.717) is 24.3 Å². The highest BCUT2D eigenvalue weighted by Gasteiger charge is 2.25. The molecule has 37 heavy (non-hydrogen) atoms. The maximum atomic E-state index is 13.6. The molecule has 1 unspecified atom stereocenters. The van der Waals surface area contributed by atoms with Gasteiger partial charge < -0.3 is 10.1 Å². The third kappa shape index (κ3) is 6.06. The lowest BCUT2D eigenvalue weighted by molar-refractivity contribution is 0.0925. The Labute approximate surface area is 218 Å². The number of pyridine rings is 1. The lowest BCUT2D eigenvalue weighted by Crippen LogP contribution is -2.40. The highest BCUT2D eigenvalue weighted by atomic mass is 16.5. The number of nitrogens with zero attached hydrogens (tertiary/aromatic N) is 4. The van der Waals surface area contributed by atoms with E-state index in [4.69, 9.17) is 9.84 Å². The van der Waals surface area contributed by atoms with Crippen LogP contribution >= 0.6 is 0 Å². The molecule has 4 aromatic rings. The van der Waals surface area contributed by atoms with E-state index < -0.39 is 0 Å². The maximum absolute atomic E-state index is 13.6. The molecule has 7 heteroatoms. The average Bonchev–Trinajstić information content (AvgIpc) is 3.39. The Morgan fingerprint density at radius 3 is 2.49 bits per heavy atom. The van der Waals surface area contributed by atoms with Crippen molar-refractivity contribution < 1.29 is 9.53 Å². The zero-order valence-corrected chi connectivity index (χ0v) is 21.2. The van der Waals surface area contributed by atoms with Crippen LogP contribution in [-0.2, 0) is 6.54 Å². The van der Waals surface area contributed by atoms with Crippen LogP contribution in [0.2, 0.25) is 0 Å². The van der Waals surface area contributed by atoms with Crippen molar-refractivity contribution in [3.8, 4) is 17.0 Å². The molecule has 5 rings (SSSR count). The number of benzene rings is 2. The largest absolute Gasteiger partial charge is 0.497 e. The second-order valence-electron chi connectivity index (χ2n) is 9.41. The van der Waals surface area contributed by atoms with Crippen molar-refractivity contribution in [2.24, 2.45) is 0 Å². The highest BCUT2D eigenvalue weighted by molar-refractivity contribution is 5.99. The Bertz CT molecular complexity index is 1280. The lowest BCUT2D eigenvalue weighted by atomic mass is 10.0. The molecule has 0 aliphatic carbocycles. The summed E-state index contributed by atoms with van der Waals surface area (Å²) in [6.45, 7) is 3.16. The maximum Gasteiger partial charge on any atom is 0.255 e. The number of amides is 1. The van der Waals surface area contributed by atoms with E-state index in [1.54, 1.807) is 19.5 Å². The highest BCUT2D eigenvalue weighted by Crippen LogP contribution is 2.27. The summed E-state index contributed by atoms with van der Waals surface area (Å²) >= 11 is 0. The van der Waals surface area contributed by atoms with Crippen molar-refractivity contribution in [1.29, 1.82) is 0 Å². The van der Waals surface area contributed by atoms with Gasteiger partial charge >= 0.3 is 0 Å². The molecule has 0 saturated carbocycles. The summed E-state index contributed by atoms with van der Waals surface area (Å²) in [4.78, 5) is 20.3. The molecule has 3 heterocycles. The molecule has 1 aliphatic rings. The van der Waals surface area contributed by atoms with Crippen LogP contribution in [0.1, 0.15) is 46.8 Å². The van der Waals surface area contributed by atoms with Crippen LogP contribution in [-0.4, -0.2) is 52.3 Å². The van der Waals surface area contributed by atoms with Crippen LogP contribution in [0, 0.1) is 0 Å². The van der Waals surface area contributed by atoms with Gasteiger partial charge in [0.2, 0.25) is 0 Å². The number of nitrogens with one attached hydrogen (secondary N) is 1. The number of aromatic nitrogens is 3. The van der Waals surface area contributed by atoms with Crippen molar-refractivity contribution in [1.82, 2.24) is 25.0 Å². The van der Waals surface area contributed by atoms with E-state index >= 15 is 0 Å². The van der Waals surface area contributed by atoms with E-state index in [1.807, 2.05) is 53.3 Å². The first-order chi connectivity index (χ1) is 18.2. The Balaban J connectivity index is 1.39. The number of methoxy groups -OCH3 is 1. The molecule has 190 valence electrons. The molecule has 1 saturated heterocycles. The van der Waals surface area contributed by atoms with Gasteiger partial charge in [-0.25, -0.2) is 0 Å². The average molecular weight is 496 g/mol. The van der Waals surface area contributed by atoms with E-state index in [1.165, 1.54) is 24.8 Å². The second kappa shape index (κ2) is 11.8. The lowest BCUT2D eigenvalue weighted by Gasteiger charge is -2.35. The van der Waals surface area contributed by atoms with Gasteiger partial charge in [0, 0.05) is 30.7 Å². The van der Waals surface area contributed by atoms with Crippen LogP contribution in [0.4, 0.5) is 0 Å². The van der Waals surface area contributed by atoms with Gasteiger partial charge in [-0.05, 0) is 61.3 Å². The first kappa shape index (κ1) is 24.7. The number of carbonyl (C=O) groups is 1. The van der Waals surface area contributed by atoms with E-state index in [0.717, 1.165) is 30.0 Å². The molecule has 2 aromatic carbocycles. The molecule has 1 fully saturated rings. The van der Waals surface area contributed by atoms with Gasteiger partial charge in [0.25, 0.3) is 5.91 Å². The summed E-state index contributed by atoms with van der Waals surface area (Å²) in [5.41, 5.74) is 4.31. The monoisotopic (exact) mass is 495 g/mol. The number of hydrogen-bond donors (Lipinski definition) is 1. The predicted molar refractivity (Wildman–Crippen MR) is 144 cm³/mol. The van der Waals surface area contributed by atoms with Gasteiger partial charge in [-0.1, -0.05) is 48.9 Å². The number of carbonyl (C=O) groups excluding carboxylic acids is 1. The van der Waals surface area contributed by atoms with Crippen molar-refractivity contribution in [3.63, 3.8) is 0 Å². The Hall–Kier alpha value is -3.97. The van der Waals surface area contributed by atoms with E-state index in [9.17, 15) is 4.79 Å². The molecule has 0 radical (unpaired) electrons. The molecule has 1 amide bonds. The number of likely N-dealkylation sites (tertiary alicyclic amines) is 1. The molecule has 0 spiro atoms. The zero-order chi connectivity index (χ0) is 25.5. The number of ether oxygens (including phenoxy) is 1. The Morgan fingerprint density at radius 1 is 1.00 bits per heavy atom. The van der Waals surface area contributed by atoms with Gasteiger partial charge in [0.15, 0.2) is 0 Å². The van der Waals surface area contributed by atoms with Gasteiger partial charge in [0.1, 0.15) is 11.4 Å². The SMILES string of the molecule is COc1ccc(C(CNC(=O)c2cn(Cc3ccccc3)nc2-c2cccnc2)N2CCCCC2)cc1. The summed E-state index contributed by atoms with van der Waals surface area (Å²) in [7, 11) is 1.68.